The fourth-order valence-electron chi connectivity index (χ4n) is 2.28. The van der Waals surface area contributed by atoms with Crippen LogP contribution >= 0.6 is 0 Å². The van der Waals surface area contributed by atoms with E-state index in [0.29, 0.717) is 0 Å². The van der Waals surface area contributed by atoms with Crippen molar-refractivity contribution in [3.63, 3.8) is 0 Å². The van der Waals surface area contributed by atoms with Crippen LogP contribution in [0, 0.1) is 0 Å². The molecule has 45 heavy (non-hydrogen) atoms. The lowest BCUT2D eigenvalue weighted by Gasteiger charge is -2.05. The minimum absolute atomic E-state index is 0.00831. The van der Waals surface area contributed by atoms with Crippen LogP contribution in [0.4, 0.5) is 0 Å². The Morgan fingerprint density at radius 2 is 1.00 bits per heavy atom. The third kappa shape index (κ3) is 61.6. The zero-order valence-corrected chi connectivity index (χ0v) is 27.5. The molecule has 260 valence electrons. The largest absolute Gasteiger partial charge is 0.478 e. The Bertz CT molecular complexity index is 695. The van der Waals surface area contributed by atoms with Crippen molar-refractivity contribution in [2.45, 2.75) is 64.6 Å². The number of epoxide rings is 8. The van der Waals surface area contributed by atoms with Gasteiger partial charge in [0.2, 0.25) is 6.29 Å². The molecule has 0 amide bonds. The van der Waals surface area contributed by atoms with Gasteiger partial charge in [0, 0.05) is 6.08 Å². The summed E-state index contributed by atoms with van der Waals surface area (Å²) in [5.74, 6) is -0.0594. The second-order valence-corrected chi connectivity index (χ2v) is 10.2. The molecule has 8 heterocycles. The number of aryl methyl sites for hydroxylation is 1. The first-order valence-corrected chi connectivity index (χ1v) is 16.4. The summed E-state index contributed by atoms with van der Waals surface area (Å²) in [6.07, 6.45) is 11.6. The third-order valence-electron chi connectivity index (χ3n) is 5.17. The summed E-state index contributed by atoms with van der Waals surface area (Å²) < 4.78 is 42.1. The summed E-state index contributed by atoms with van der Waals surface area (Å²) in [6.45, 7) is 20.0. The fraction of sp³-hybridized carbons (Fsp3) is 0.735. The van der Waals surface area contributed by atoms with Crippen molar-refractivity contribution < 1.29 is 52.5 Å². The van der Waals surface area contributed by atoms with E-state index in [1.807, 2.05) is 0 Å². The number of ether oxygens (including phenoxy) is 9. The van der Waals surface area contributed by atoms with Crippen molar-refractivity contribution in [2.24, 2.45) is 0 Å². The van der Waals surface area contributed by atoms with Crippen molar-refractivity contribution in [3.05, 3.63) is 42.5 Å². The average molecular weight is 643 g/mol. The highest BCUT2D eigenvalue weighted by Crippen LogP contribution is 2.20. The van der Waals surface area contributed by atoms with E-state index in [0.717, 1.165) is 111 Å². The Labute approximate surface area is 270 Å². The van der Waals surface area contributed by atoms with E-state index in [4.69, 9.17) is 14.6 Å². The number of hydrogen-bond donors (Lipinski definition) is 1. The zero-order valence-electron chi connectivity index (χ0n) is 27.5. The molecule has 1 aromatic carbocycles. The SMILES string of the molecule is C1CO1.C1CO1.C1CO1.C1CO1.C1CO1.C1CO1.C1CO1.C=CC(=O)O.CCCCCCCCCc1ccc(OC2CO2)cc1. The molecule has 0 aromatic heterocycles. The van der Waals surface area contributed by atoms with Gasteiger partial charge in [0.15, 0.2) is 0 Å². The Morgan fingerprint density at radius 1 is 0.689 bits per heavy atom. The third-order valence-corrected chi connectivity index (χ3v) is 5.17. The van der Waals surface area contributed by atoms with Crippen molar-refractivity contribution in [2.75, 3.05) is 99.1 Å². The summed E-state index contributed by atoms with van der Waals surface area (Å²) in [7, 11) is 0. The predicted molar refractivity (Wildman–Crippen MR) is 172 cm³/mol. The summed E-state index contributed by atoms with van der Waals surface area (Å²) in [6, 6.07) is 8.46. The number of unbranched alkanes of at least 4 members (excludes halogenated alkanes) is 6. The van der Waals surface area contributed by atoms with Crippen molar-refractivity contribution in [1.82, 2.24) is 0 Å². The molecule has 0 aliphatic carbocycles. The van der Waals surface area contributed by atoms with Crippen LogP contribution in [0.15, 0.2) is 36.9 Å². The lowest BCUT2D eigenvalue weighted by atomic mass is 10.0. The van der Waals surface area contributed by atoms with Crippen molar-refractivity contribution in [1.29, 1.82) is 0 Å². The summed E-state index contributed by atoms with van der Waals surface area (Å²) >= 11 is 0. The first-order valence-electron chi connectivity index (χ1n) is 16.4. The van der Waals surface area contributed by atoms with E-state index in [-0.39, 0.29) is 6.29 Å². The van der Waals surface area contributed by atoms with Crippen LogP contribution in [0.2, 0.25) is 0 Å². The van der Waals surface area contributed by atoms with Crippen molar-refractivity contribution >= 4 is 5.97 Å². The molecule has 11 heteroatoms. The molecular formula is C34H58O11. The highest BCUT2D eigenvalue weighted by molar-refractivity contribution is 5.78. The van der Waals surface area contributed by atoms with Gasteiger partial charge in [-0.1, -0.05) is 64.2 Å². The second kappa shape index (κ2) is 31.9. The molecule has 9 rings (SSSR count). The molecule has 1 aromatic rings. The van der Waals surface area contributed by atoms with Gasteiger partial charge in [0.05, 0.1) is 92.5 Å². The number of carboxylic acid groups (broad SMARTS) is 1. The van der Waals surface area contributed by atoms with Crippen molar-refractivity contribution in [3.8, 4) is 5.75 Å². The predicted octanol–water partition coefficient (Wildman–Crippen LogP) is 5.09. The van der Waals surface area contributed by atoms with Crippen LogP contribution in [0.1, 0.15) is 57.4 Å². The highest BCUT2D eigenvalue weighted by atomic mass is 16.8. The fourth-order valence-corrected chi connectivity index (χ4v) is 2.28. The van der Waals surface area contributed by atoms with E-state index < -0.39 is 5.97 Å². The van der Waals surface area contributed by atoms with E-state index in [1.54, 1.807) is 0 Å². The quantitative estimate of drug-likeness (QED) is 0.196. The monoisotopic (exact) mass is 642 g/mol. The van der Waals surface area contributed by atoms with E-state index in [9.17, 15) is 4.79 Å². The normalized spacial score (nSPS) is 19.3. The molecule has 0 spiro atoms. The molecule has 8 fully saturated rings. The number of rotatable bonds is 11. The molecular weight excluding hydrogens is 584 g/mol. The first-order chi connectivity index (χ1) is 22.2. The highest BCUT2D eigenvalue weighted by Gasteiger charge is 2.24. The molecule has 0 radical (unpaired) electrons. The van der Waals surface area contributed by atoms with Crippen LogP contribution in [0.3, 0.4) is 0 Å². The van der Waals surface area contributed by atoms with Crippen LogP contribution < -0.4 is 4.74 Å². The van der Waals surface area contributed by atoms with Crippen LogP contribution in [0.5, 0.6) is 5.75 Å². The molecule has 8 aliphatic heterocycles. The number of benzene rings is 1. The lowest BCUT2D eigenvalue weighted by Crippen LogP contribution is -1.97. The van der Waals surface area contributed by atoms with Gasteiger partial charge in [-0.2, -0.15) is 0 Å². The van der Waals surface area contributed by atoms with Gasteiger partial charge in [0.25, 0.3) is 0 Å². The topological polar surface area (TPSA) is 147 Å². The van der Waals surface area contributed by atoms with Crippen LogP contribution in [-0.2, 0) is 49.1 Å². The standard InChI is InChI=1S/C17H26O2.C3H4O2.7C2H4O/c1-2-3-4-5-6-7-8-9-15-10-12-16(13-11-15)19-17-14-18-17;1-2-3(4)5;7*1-2-3-1/h10-13,17H,2-9,14H2,1H3;2H,1H2,(H,4,5);7*1-2H2. The van der Waals surface area contributed by atoms with Gasteiger partial charge in [0.1, 0.15) is 12.4 Å². The summed E-state index contributed by atoms with van der Waals surface area (Å²) in [5, 5.41) is 7.60. The molecule has 1 atom stereocenters. The van der Waals surface area contributed by atoms with E-state index >= 15 is 0 Å². The molecule has 8 saturated heterocycles. The molecule has 8 aliphatic rings. The first kappa shape index (κ1) is 40.9. The van der Waals surface area contributed by atoms with Gasteiger partial charge < -0.3 is 47.7 Å². The maximum Gasteiger partial charge on any atom is 0.327 e. The van der Waals surface area contributed by atoms with Gasteiger partial charge in [-0.15, -0.1) is 0 Å². The molecule has 0 saturated carbocycles. The number of carboxylic acids is 1. The number of aliphatic carboxylic acids is 1. The summed E-state index contributed by atoms with van der Waals surface area (Å²) in [4.78, 5) is 9.25. The maximum atomic E-state index is 9.25. The second-order valence-electron chi connectivity index (χ2n) is 10.2. The molecule has 11 nitrogen and oxygen atoms in total. The Morgan fingerprint density at radius 3 is 1.27 bits per heavy atom. The number of carbonyl (C=O) groups is 1. The van der Waals surface area contributed by atoms with Gasteiger partial charge in [-0.3, -0.25) is 0 Å². The van der Waals surface area contributed by atoms with E-state index in [1.165, 1.54) is 56.9 Å². The minimum atomic E-state index is -0.981. The Hall–Kier alpha value is -2.09. The Kier molecular flexibility index (Phi) is 29.0. The van der Waals surface area contributed by atoms with Crippen LogP contribution in [-0.4, -0.2) is 116 Å². The maximum absolute atomic E-state index is 9.25. The van der Waals surface area contributed by atoms with E-state index in [2.05, 4.69) is 70.9 Å². The molecule has 0 bridgehead atoms. The van der Waals surface area contributed by atoms with Gasteiger partial charge >= 0.3 is 5.97 Å². The average Bonchev–Trinajstić information content (AvgIpc) is 3.87. The molecule has 1 N–H and O–H groups in total. The minimum Gasteiger partial charge on any atom is -0.478 e. The van der Waals surface area contributed by atoms with Gasteiger partial charge in [-0.25, -0.2) is 4.79 Å². The smallest absolute Gasteiger partial charge is 0.327 e. The van der Waals surface area contributed by atoms with Gasteiger partial charge in [-0.05, 0) is 30.5 Å². The van der Waals surface area contributed by atoms with Crippen LogP contribution in [0.25, 0.3) is 0 Å². The molecule has 1 unspecified atom stereocenters. The number of hydrogen-bond acceptors (Lipinski definition) is 10. The lowest BCUT2D eigenvalue weighted by molar-refractivity contribution is -0.131. The summed E-state index contributed by atoms with van der Waals surface area (Å²) in [5.41, 5.74) is 1.41. The zero-order chi connectivity index (χ0) is 32.5. The Balaban J connectivity index is 0.000000308.